The lowest BCUT2D eigenvalue weighted by molar-refractivity contribution is -0.222. The number of carbonyl (C=O) groups is 2. The van der Waals surface area contributed by atoms with Crippen molar-refractivity contribution < 1.29 is 32.7 Å². The number of hydrogen-bond donors (Lipinski definition) is 2. The van der Waals surface area contributed by atoms with Crippen molar-refractivity contribution in [2.45, 2.75) is 33.5 Å². The number of ether oxygens (including phenoxy) is 2. The van der Waals surface area contributed by atoms with Gasteiger partial charge in [0.2, 0.25) is 0 Å². The molecule has 2 heterocycles. The molecule has 9 nitrogen and oxygen atoms in total. The maximum absolute atomic E-state index is 13.2. The number of cyclic esters (lactones) is 2. The Kier molecular flexibility index (Phi) is 5.84. The largest absolute Gasteiger partial charge is 0.419 e. The summed E-state index contributed by atoms with van der Waals surface area (Å²) in [7, 11) is -3.54. The van der Waals surface area contributed by atoms with Gasteiger partial charge >= 0.3 is 19.5 Å². The van der Waals surface area contributed by atoms with E-state index >= 15 is 0 Å². The molecule has 1 aromatic heterocycles. The summed E-state index contributed by atoms with van der Waals surface area (Å²) in [5.74, 6) is -2.91. The highest BCUT2D eigenvalue weighted by molar-refractivity contribution is 7.62. The van der Waals surface area contributed by atoms with Crippen LogP contribution in [0.5, 0.6) is 0 Å². The Hall–Kier alpha value is -2.61. The number of nitrogens with one attached hydrogen (secondary N) is 2. The van der Waals surface area contributed by atoms with Gasteiger partial charge in [0.15, 0.2) is 5.57 Å². The lowest BCUT2D eigenvalue weighted by atomic mass is 10.2. The summed E-state index contributed by atoms with van der Waals surface area (Å²) in [5, 5.41) is 4.01. The molecule has 0 bridgehead atoms. The van der Waals surface area contributed by atoms with Gasteiger partial charge in [-0.15, -0.1) is 0 Å². The minimum absolute atomic E-state index is 0.209. The van der Waals surface area contributed by atoms with Gasteiger partial charge in [-0.25, -0.2) is 9.59 Å². The van der Waals surface area contributed by atoms with Crippen molar-refractivity contribution in [3.63, 3.8) is 0 Å². The van der Waals surface area contributed by atoms with Crippen molar-refractivity contribution in [2.24, 2.45) is 0 Å². The minimum atomic E-state index is -3.54. The number of aromatic amines is 1. The second-order valence-electron chi connectivity index (χ2n) is 6.65. The van der Waals surface area contributed by atoms with Crippen LogP contribution in [0.3, 0.4) is 0 Å². The lowest BCUT2D eigenvalue weighted by Gasteiger charge is -2.29. The highest BCUT2D eigenvalue weighted by atomic mass is 31.2. The molecule has 0 unspecified atom stereocenters. The number of fused-ring (bicyclic) bond motifs is 1. The van der Waals surface area contributed by atoms with E-state index in [4.69, 9.17) is 18.5 Å². The van der Waals surface area contributed by atoms with Crippen LogP contribution in [0, 0.1) is 0 Å². The number of rotatable bonds is 7. The van der Waals surface area contributed by atoms with E-state index in [9.17, 15) is 14.2 Å². The van der Waals surface area contributed by atoms with E-state index in [1.54, 1.807) is 38.2 Å². The van der Waals surface area contributed by atoms with Crippen LogP contribution in [-0.4, -0.2) is 35.9 Å². The number of esters is 2. The van der Waals surface area contributed by atoms with Gasteiger partial charge in [-0.3, -0.25) is 4.57 Å². The van der Waals surface area contributed by atoms with Crippen molar-refractivity contribution in [1.82, 2.24) is 4.98 Å². The molecule has 1 aromatic carbocycles. The molecule has 1 saturated heterocycles. The Bertz CT molecular complexity index is 993. The molecule has 3 rings (SSSR count). The van der Waals surface area contributed by atoms with Crippen LogP contribution in [-0.2, 0) is 32.7 Å². The molecule has 0 saturated carbocycles. The molecule has 2 N–H and O–H groups in total. The molecule has 156 valence electrons. The van der Waals surface area contributed by atoms with Gasteiger partial charge in [0.1, 0.15) is 0 Å². The standard InChI is InChI=1S/C19H23N2O7P/c1-5-25-29(24,26-6-2)12-9-15-13(7-8-20-15)16(10-12)21-11-14-17(22)27-19(3,4)28-18(14)23/h7-11,20-21H,5-6H2,1-4H3. The topological polar surface area (TPSA) is 116 Å². The first-order chi connectivity index (χ1) is 13.7. The minimum Gasteiger partial charge on any atom is -0.419 e. The van der Waals surface area contributed by atoms with Gasteiger partial charge < -0.3 is 28.8 Å². The molecule has 0 spiro atoms. The van der Waals surface area contributed by atoms with Crippen molar-refractivity contribution in [3.05, 3.63) is 36.2 Å². The van der Waals surface area contributed by atoms with E-state index < -0.39 is 25.3 Å². The fraction of sp³-hybridized carbons (Fsp3) is 0.368. The number of carbonyl (C=O) groups excluding carboxylic acids is 2. The van der Waals surface area contributed by atoms with Gasteiger partial charge in [0, 0.05) is 42.8 Å². The van der Waals surface area contributed by atoms with E-state index in [-0.39, 0.29) is 18.8 Å². The first-order valence-corrected chi connectivity index (χ1v) is 10.7. The third-order valence-corrected chi connectivity index (χ3v) is 6.14. The summed E-state index contributed by atoms with van der Waals surface area (Å²) in [4.78, 5) is 27.3. The Balaban J connectivity index is 1.99. The second-order valence-corrected chi connectivity index (χ2v) is 8.67. The third kappa shape index (κ3) is 4.37. The highest BCUT2D eigenvalue weighted by Crippen LogP contribution is 2.48. The Morgan fingerprint density at radius 3 is 2.34 bits per heavy atom. The average Bonchev–Trinajstić information content (AvgIpc) is 3.09. The Morgan fingerprint density at radius 1 is 1.14 bits per heavy atom. The zero-order valence-electron chi connectivity index (χ0n) is 16.6. The lowest BCUT2D eigenvalue weighted by Crippen LogP contribution is -2.42. The van der Waals surface area contributed by atoms with Crippen LogP contribution in [0.1, 0.15) is 27.7 Å². The molecule has 0 aliphatic carbocycles. The second kappa shape index (κ2) is 8.02. The van der Waals surface area contributed by atoms with E-state index in [0.717, 1.165) is 5.39 Å². The molecule has 0 radical (unpaired) electrons. The summed E-state index contributed by atoms with van der Waals surface area (Å²) >= 11 is 0. The quantitative estimate of drug-likeness (QED) is 0.303. The number of benzene rings is 1. The predicted octanol–water partition coefficient (Wildman–Crippen LogP) is 3.19. The summed E-state index contributed by atoms with van der Waals surface area (Å²) in [5.41, 5.74) is 0.894. The molecule has 10 heteroatoms. The molecule has 29 heavy (non-hydrogen) atoms. The van der Waals surface area contributed by atoms with Crippen LogP contribution < -0.4 is 10.6 Å². The van der Waals surface area contributed by atoms with Crippen LogP contribution >= 0.6 is 7.60 Å². The highest BCUT2D eigenvalue weighted by Gasteiger charge is 2.39. The van der Waals surface area contributed by atoms with E-state index in [1.807, 2.05) is 0 Å². The van der Waals surface area contributed by atoms with Gasteiger partial charge in [-0.05, 0) is 32.0 Å². The monoisotopic (exact) mass is 422 g/mol. The first kappa shape index (κ1) is 21.1. The number of hydrogen-bond acceptors (Lipinski definition) is 8. The van der Waals surface area contributed by atoms with Gasteiger partial charge in [0.25, 0.3) is 5.79 Å². The van der Waals surface area contributed by atoms with Crippen LogP contribution in [0.4, 0.5) is 5.69 Å². The molecule has 1 aliphatic heterocycles. The number of anilines is 1. The average molecular weight is 422 g/mol. The van der Waals surface area contributed by atoms with Crippen LogP contribution in [0.2, 0.25) is 0 Å². The maximum Gasteiger partial charge on any atom is 0.361 e. The fourth-order valence-corrected chi connectivity index (χ4v) is 4.51. The smallest absolute Gasteiger partial charge is 0.361 e. The molecule has 0 amide bonds. The molecule has 0 atom stereocenters. The van der Waals surface area contributed by atoms with Crippen molar-refractivity contribution in [1.29, 1.82) is 0 Å². The molecule has 1 fully saturated rings. The first-order valence-electron chi connectivity index (χ1n) is 9.13. The summed E-state index contributed by atoms with van der Waals surface area (Å²) in [6, 6.07) is 5.08. The van der Waals surface area contributed by atoms with E-state index in [1.165, 1.54) is 20.0 Å². The van der Waals surface area contributed by atoms with Crippen LogP contribution in [0.15, 0.2) is 36.2 Å². The summed E-state index contributed by atoms with van der Waals surface area (Å²) < 4.78 is 34.2. The van der Waals surface area contributed by atoms with Gasteiger partial charge in [-0.1, -0.05) is 0 Å². The van der Waals surface area contributed by atoms with Crippen molar-refractivity contribution in [3.8, 4) is 0 Å². The fourth-order valence-electron chi connectivity index (χ4n) is 2.88. The SMILES string of the molecule is CCOP(=O)(OCC)c1cc(NC=C2C(=O)OC(C)(C)OC2=O)c2cc[nH]c2c1. The maximum atomic E-state index is 13.2. The predicted molar refractivity (Wildman–Crippen MR) is 107 cm³/mol. The zero-order chi connectivity index (χ0) is 21.2. The summed E-state index contributed by atoms with van der Waals surface area (Å²) in [6.07, 6.45) is 2.92. The van der Waals surface area contributed by atoms with Crippen molar-refractivity contribution >= 4 is 41.4 Å². The molecule has 2 aromatic rings. The third-order valence-electron chi connectivity index (χ3n) is 4.06. The Morgan fingerprint density at radius 2 is 1.76 bits per heavy atom. The van der Waals surface area contributed by atoms with Gasteiger partial charge in [-0.2, -0.15) is 0 Å². The van der Waals surface area contributed by atoms with Crippen molar-refractivity contribution in [2.75, 3.05) is 18.5 Å². The molecule has 1 aliphatic rings. The number of aromatic nitrogens is 1. The number of H-pyrrole nitrogens is 1. The van der Waals surface area contributed by atoms with E-state index in [0.29, 0.717) is 16.5 Å². The summed E-state index contributed by atoms with van der Waals surface area (Å²) in [6.45, 7) is 6.81. The zero-order valence-corrected chi connectivity index (χ0v) is 17.5. The molecular formula is C19H23N2O7P. The van der Waals surface area contributed by atoms with Gasteiger partial charge in [0.05, 0.1) is 18.5 Å². The Labute approximate surface area is 167 Å². The normalized spacial score (nSPS) is 16.5. The molecular weight excluding hydrogens is 399 g/mol. The van der Waals surface area contributed by atoms with E-state index in [2.05, 4.69) is 10.3 Å². The van der Waals surface area contributed by atoms with Crippen LogP contribution in [0.25, 0.3) is 10.9 Å².